The molecule has 0 amide bonds. The van der Waals surface area contributed by atoms with E-state index in [-0.39, 0.29) is 12.0 Å². The largest absolute Gasteiger partial charge is 0.396 e. The van der Waals surface area contributed by atoms with Gasteiger partial charge in [-0.25, -0.2) is 0 Å². The Morgan fingerprint density at radius 3 is 2.52 bits per heavy atom. The third-order valence-corrected chi connectivity index (χ3v) is 5.42. The van der Waals surface area contributed by atoms with E-state index in [4.69, 9.17) is 11.6 Å². The van der Waals surface area contributed by atoms with Gasteiger partial charge in [0.2, 0.25) is 0 Å². The predicted molar refractivity (Wildman–Crippen MR) is 96.0 cm³/mol. The van der Waals surface area contributed by atoms with E-state index in [1.165, 1.54) is 11.1 Å². The van der Waals surface area contributed by atoms with Crippen molar-refractivity contribution in [2.24, 2.45) is 5.41 Å². The first-order chi connectivity index (χ1) is 11.2. The van der Waals surface area contributed by atoms with Gasteiger partial charge in [-0.05, 0) is 54.5 Å². The summed E-state index contributed by atoms with van der Waals surface area (Å²) in [5, 5.41) is 14.0. The van der Waals surface area contributed by atoms with Crippen LogP contribution < -0.4 is 5.32 Å². The number of rotatable bonds is 5. The smallest absolute Gasteiger partial charge is 0.0436 e. The molecule has 2 N–H and O–H groups in total. The van der Waals surface area contributed by atoms with Gasteiger partial charge in [-0.3, -0.25) is 0 Å². The standard InChI is InChI=1S/C20H24ClNO/c21-18-8-6-17(7-9-18)19-15-22-12-10-20(19,11-13-23)14-16-4-2-1-3-5-16/h1-9,19,22-23H,10-15H2/t19-,20+/m0/s1. The van der Waals surface area contributed by atoms with E-state index in [0.717, 1.165) is 37.4 Å². The zero-order valence-corrected chi connectivity index (χ0v) is 14.1. The molecule has 3 heteroatoms. The Hall–Kier alpha value is -1.35. The van der Waals surface area contributed by atoms with Crippen LogP contribution in [-0.4, -0.2) is 24.8 Å². The lowest BCUT2D eigenvalue weighted by Crippen LogP contribution is -2.45. The first-order valence-corrected chi connectivity index (χ1v) is 8.72. The molecule has 0 unspecified atom stereocenters. The molecular formula is C20H24ClNO. The molecule has 0 radical (unpaired) electrons. The van der Waals surface area contributed by atoms with Gasteiger partial charge in [0.1, 0.15) is 0 Å². The second kappa shape index (κ2) is 7.48. The summed E-state index contributed by atoms with van der Waals surface area (Å²) in [5.74, 6) is 0.390. The minimum Gasteiger partial charge on any atom is -0.396 e. The van der Waals surface area contributed by atoms with Gasteiger partial charge in [-0.15, -0.1) is 0 Å². The highest BCUT2D eigenvalue weighted by molar-refractivity contribution is 6.30. The molecule has 1 heterocycles. The second-order valence-electron chi connectivity index (χ2n) is 6.56. The molecule has 0 aromatic heterocycles. The summed E-state index contributed by atoms with van der Waals surface area (Å²) in [6, 6.07) is 18.9. The summed E-state index contributed by atoms with van der Waals surface area (Å²) >= 11 is 6.06. The maximum Gasteiger partial charge on any atom is 0.0436 e. The fraction of sp³-hybridized carbons (Fsp3) is 0.400. The lowest BCUT2D eigenvalue weighted by molar-refractivity contribution is 0.110. The third kappa shape index (κ3) is 3.77. The number of hydrogen-bond acceptors (Lipinski definition) is 2. The predicted octanol–water partition coefficient (Wildman–Crippen LogP) is 4.03. The molecule has 23 heavy (non-hydrogen) atoms. The number of piperidine rings is 1. The molecule has 3 rings (SSSR count). The van der Waals surface area contributed by atoms with Crippen molar-refractivity contribution >= 4 is 11.6 Å². The van der Waals surface area contributed by atoms with Gasteiger partial charge in [-0.2, -0.15) is 0 Å². The van der Waals surface area contributed by atoms with Crippen LogP contribution in [0.1, 0.15) is 29.9 Å². The highest BCUT2D eigenvalue weighted by Crippen LogP contribution is 2.46. The molecule has 122 valence electrons. The summed E-state index contributed by atoms with van der Waals surface area (Å²) in [7, 11) is 0. The fourth-order valence-electron chi connectivity index (χ4n) is 3.97. The second-order valence-corrected chi connectivity index (χ2v) is 6.99. The lowest BCUT2D eigenvalue weighted by Gasteiger charge is -2.45. The first-order valence-electron chi connectivity index (χ1n) is 8.34. The Morgan fingerprint density at radius 1 is 1.09 bits per heavy atom. The van der Waals surface area contributed by atoms with Crippen molar-refractivity contribution in [3.63, 3.8) is 0 Å². The van der Waals surface area contributed by atoms with Gasteiger partial charge in [0.25, 0.3) is 0 Å². The Labute approximate surface area is 143 Å². The van der Waals surface area contributed by atoms with Crippen LogP contribution in [0.15, 0.2) is 54.6 Å². The highest BCUT2D eigenvalue weighted by Gasteiger charge is 2.41. The summed E-state index contributed by atoms with van der Waals surface area (Å²) in [4.78, 5) is 0. The van der Waals surface area contributed by atoms with Crippen LogP contribution in [0.4, 0.5) is 0 Å². The van der Waals surface area contributed by atoms with E-state index in [1.807, 2.05) is 12.1 Å². The minimum absolute atomic E-state index is 0.0924. The Bertz CT molecular complexity index is 609. The number of hydrogen-bond donors (Lipinski definition) is 2. The van der Waals surface area contributed by atoms with Gasteiger partial charge >= 0.3 is 0 Å². The summed E-state index contributed by atoms with van der Waals surface area (Å²) in [5.41, 5.74) is 2.75. The molecule has 1 aliphatic rings. The van der Waals surface area contributed by atoms with Gasteiger partial charge in [0, 0.05) is 24.1 Å². The van der Waals surface area contributed by atoms with Crippen LogP contribution in [0, 0.1) is 5.41 Å². The molecule has 2 aromatic rings. The number of nitrogens with one attached hydrogen (secondary N) is 1. The molecule has 1 aliphatic heterocycles. The van der Waals surface area contributed by atoms with Crippen molar-refractivity contribution in [1.82, 2.24) is 5.32 Å². The zero-order chi connectivity index (χ0) is 16.1. The molecule has 0 spiro atoms. The van der Waals surface area contributed by atoms with Crippen molar-refractivity contribution in [3.8, 4) is 0 Å². The van der Waals surface area contributed by atoms with E-state index in [0.29, 0.717) is 5.92 Å². The van der Waals surface area contributed by atoms with Crippen molar-refractivity contribution in [2.45, 2.75) is 25.2 Å². The topological polar surface area (TPSA) is 32.3 Å². The fourth-order valence-corrected chi connectivity index (χ4v) is 4.09. The maximum absolute atomic E-state index is 9.73. The number of aliphatic hydroxyl groups is 1. The Balaban J connectivity index is 1.94. The number of halogens is 1. The summed E-state index contributed by atoms with van der Waals surface area (Å²) < 4.78 is 0. The van der Waals surface area contributed by atoms with E-state index in [1.54, 1.807) is 0 Å². The van der Waals surface area contributed by atoms with Crippen molar-refractivity contribution in [2.75, 3.05) is 19.7 Å². The average Bonchev–Trinajstić information content (AvgIpc) is 2.57. The van der Waals surface area contributed by atoms with Crippen LogP contribution in [0.5, 0.6) is 0 Å². The van der Waals surface area contributed by atoms with Crippen LogP contribution in [-0.2, 0) is 6.42 Å². The van der Waals surface area contributed by atoms with E-state index >= 15 is 0 Å². The van der Waals surface area contributed by atoms with Gasteiger partial charge < -0.3 is 10.4 Å². The van der Waals surface area contributed by atoms with Crippen molar-refractivity contribution in [1.29, 1.82) is 0 Å². The van der Waals surface area contributed by atoms with Gasteiger partial charge in [-0.1, -0.05) is 54.1 Å². The van der Waals surface area contributed by atoms with Crippen LogP contribution in [0.3, 0.4) is 0 Å². The molecular weight excluding hydrogens is 306 g/mol. The molecule has 2 aromatic carbocycles. The van der Waals surface area contributed by atoms with Crippen LogP contribution >= 0.6 is 11.6 Å². The van der Waals surface area contributed by atoms with Gasteiger partial charge in [0.05, 0.1) is 0 Å². The lowest BCUT2D eigenvalue weighted by atomic mass is 9.63. The SMILES string of the molecule is OCC[C@@]1(Cc2ccccc2)CCNC[C@H]1c1ccc(Cl)cc1. The molecule has 2 atom stereocenters. The van der Waals surface area contributed by atoms with E-state index < -0.39 is 0 Å². The molecule has 1 fully saturated rings. The minimum atomic E-state index is 0.0924. The third-order valence-electron chi connectivity index (χ3n) is 5.17. The Morgan fingerprint density at radius 2 is 1.83 bits per heavy atom. The Kier molecular flexibility index (Phi) is 5.37. The zero-order valence-electron chi connectivity index (χ0n) is 13.3. The normalized spacial score (nSPS) is 24.5. The molecule has 0 bridgehead atoms. The molecule has 0 aliphatic carbocycles. The molecule has 1 saturated heterocycles. The number of aliphatic hydroxyl groups excluding tert-OH is 1. The highest BCUT2D eigenvalue weighted by atomic mass is 35.5. The summed E-state index contributed by atoms with van der Waals surface area (Å²) in [6.07, 6.45) is 2.91. The van der Waals surface area contributed by atoms with Crippen molar-refractivity contribution in [3.05, 3.63) is 70.7 Å². The number of benzene rings is 2. The van der Waals surface area contributed by atoms with E-state index in [9.17, 15) is 5.11 Å². The first kappa shape index (κ1) is 16.5. The van der Waals surface area contributed by atoms with Crippen LogP contribution in [0.25, 0.3) is 0 Å². The molecule has 0 saturated carbocycles. The maximum atomic E-state index is 9.73. The quantitative estimate of drug-likeness (QED) is 0.868. The molecule has 2 nitrogen and oxygen atoms in total. The van der Waals surface area contributed by atoms with Gasteiger partial charge in [0.15, 0.2) is 0 Å². The van der Waals surface area contributed by atoms with Crippen molar-refractivity contribution < 1.29 is 5.11 Å². The monoisotopic (exact) mass is 329 g/mol. The van der Waals surface area contributed by atoms with E-state index in [2.05, 4.69) is 47.8 Å². The van der Waals surface area contributed by atoms with Crippen LogP contribution in [0.2, 0.25) is 5.02 Å². The summed E-state index contributed by atoms with van der Waals surface area (Å²) in [6.45, 7) is 2.20. The average molecular weight is 330 g/mol.